The maximum Gasteiger partial charge on any atom is 0.258 e. The van der Waals surface area contributed by atoms with Gasteiger partial charge in [-0.15, -0.1) is 11.3 Å². The molecule has 0 radical (unpaired) electrons. The van der Waals surface area contributed by atoms with Crippen molar-refractivity contribution in [2.75, 3.05) is 11.9 Å². The molecule has 7 nitrogen and oxygen atoms in total. The fourth-order valence-corrected chi connectivity index (χ4v) is 6.39. The van der Waals surface area contributed by atoms with Gasteiger partial charge in [-0.3, -0.25) is 10.1 Å². The Labute approximate surface area is 190 Å². The Kier molecular flexibility index (Phi) is 5.32. The van der Waals surface area contributed by atoms with Crippen molar-refractivity contribution in [2.24, 2.45) is 0 Å². The second kappa shape index (κ2) is 8.16. The summed E-state index contributed by atoms with van der Waals surface area (Å²) in [6.45, 7) is 3.42. The molecule has 1 N–H and O–H groups in total. The average Bonchev–Trinajstić information content (AvgIpc) is 3.42. The molecular formula is C23H22N4O3S2. The highest BCUT2D eigenvalue weighted by atomic mass is 32.2. The highest BCUT2D eigenvalue weighted by molar-refractivity contribution is 7.89. The summed E-state index contributed by atoms with van der Waals surface area (Å²) < 4.78 is 29.9. The summed E-state index contributed by atoms with van der Waals surface area (Å²) in [6.07, 6.45) is 0.708. The third-order valence-corrected chi connectivity index (χ3v) is 8.57. The SMILES string of the molecule is CCn1c(NC(=O)c2cccc(S(=O)(=O)N3CCc4sccc4C3)c2)nc2ccccc21. The van der Waals surface area contributed by atoms with E-state index in [2.05, 4.69) is 10.3 Å². The van der Waals surface area contributed by atoms with Crippen LogP contribution in [0.15, 0.2) is 64.9 Å². The van der Waals surface area contributed by atoms with E-state index in [4.69, 9.17) is 0 Å². The number of nitrogens with zero attached hydrogens (tertiary/aromatic N) is 3. The van der Waals surface area contributed by atoms with Gasteiger partial charge in [0.25, 0.3) is 5.91 Å². The minimum absolute atomic E-state index is 0.118. The van der Waals surface area contributed by atoms with E-state index in [1.165, 1.54) is 21.3 Å². The second-order valence-corrected chi connectivity index (χ2v) is 10.5. The summed E-state index contributed by atoms with van der Waals surface area (Å²) in [7, 11) is -3.71. The number of nitrogens with one attached hydrogen (secondary N) is 1. The molecule has 0 aliphatic carbocycles. The summed E-state index contributed by atoms with van der Waals surface area (Å²) >= 11 is 1.66. The van der Waals surface area contributed by atoms with E-state index < -0.39 is 15.9 Å². The lowest BCUT2D eigenvalue weighted by atomic mass is 10.1. The smallest absolute Gasteiger partial charge is 0.258 e. The molecule has 2 aromatic carbocycles. The number of carbonyl (C=O) groups excluding carboxylic acids is 1. The van der Waals surface area contributed by atoms with Crippen LogP contribution in [-0.2, 0) is 29.5 Å². The van der Waals surface area contributed by atoms with Gasteiger partial charge in [0.15, 0.2) is 0 Å². The predicted octanol–water partition coefficient (Wildman–Crippen LogP) is 4.12. The van der Waals surface area contributed by atoms with E-state index in [1.807, 2.05) is 47.2 Å². The van der Waals surface area contributed by atoms with Gasteiger partial charge in [-0.25, -0.2) is 13.4 Å². The predicted molar refractivity (Wildman–Crippen MR) is 125 cm³/mol. The number of anilines is 1. The standard InChI is InChI=1S/C23H22N4O3S2/c1-2-27-20-9-4-3-8-19(20)24-23(27)25-22(28)16-6-5-7-18(14-16)32(29,30)26-12-10-21-17(15-26)11-13-31-21/h3-9,11,13-14H,2,10,12,15H2,1H3,(H,24,25,28). The zero-order valence-corrected chi connectivity index (χ0v) is 19.1. The van der Waals surface area contributed by atoms with Crippen molar-refractivity contribution in [2.45, 2.75) is 31.3 Å². The summed E-state index contributed by atoms with van der Waals surface area (Å²) in [5.74, 6) is 0.0406. The van der Waals surface area contributed by atoms with Crippen LogP contribution in [0.5, 0.6) is 0 Å². The molecule has 5 rings (SSSR count). The molecule has 1 amide bonds. The van der Waals surface area contributed by atoms with E-state index in [0.29, 0.717) is 32.0 Å². The van der Waals surface area contributed by atoms with Crippen molar-refractivity contribution in [3.8, 4) is 0 Å². The zero-order valence-electron chi connectivity index (χ0n) is 17.5. The molecule has 4 aromatic rings. The molecule has 0 atom stereocenters. The highest BCUT2D eigenvalue weighted by Gasteiger charge is 2.29. The maximum absolute atomic E-state index is 13.3. The fraction of sp³-hybridized carbons (Fsp3) is 0.217. The number of imidazole rings is 1. The molecule has 3 heterocycles. The number of hydrogen-bond acceptors (Lipinski definition) is 5. The van der Waals surface area contributed by atoms with Crippen molar-refractivity contribution in [3.05, 3.63) is 76.0 Å². The summed E-state index contributed by atoms with van der Waals surface area (Å²) in [5, 5.41) is 4.84. The first-order valence-corrected chi connectivity index (χ1v) is 12.7. The molecule has 1 aliphatic rings. The molecule has 0 spiro atoms. The lowest BCUT2D eigenvalue weighted by Gasteiger charge is -2.26. The van der Waals surface area contributed by atoms with Crippen LogP contribution in [0.2, 0.25) is 0 Å². The maximum atomic E-state index is 13.3. The van der Waals surface area contributed by atoms with Crippen LogP contribution >= 0.6 is 11.3 Å². The van der Waals surface area contributed by atoms with Gasteiger partial charge < -0.3 is 4.57 Å². The van der Waals surface area contributed by atoms with E-state index in [0.717, 1.165) is 16.6 Å². The molecule has 0 unspecified atom stereocenters. The van der Waals surface area contributed by atoms with Crippen LogP contribution < -0.4 is 5.32 Å². The molecule has 0 bridgehead atoms. The van der Waals surface area contributed by atoms with Gasteiger partial charge in [-0.2, -0.15) is 4.31 Å². The van der Waals surface area contributed by atoms with Gasteiger partial charge in [0.05, 0.1) is 15.9 Å². The van der Waals surface area contributed by atoms with Crippen molar-refractivity contribution in [3.63, 3.8) is 0 Å². The third-order valence-electron chi connectivity index (χ3n) is 5.70. The second-order valence-electron chi connectivity index (χ2n) is 7.61. The number of benzene rings is 2. The number of sulfonamides is 1. The largest absolute Gasteiger partial charge is 0.310 e. The molecule has 32 heavy (non-hydrogen) atoms. The Bertz CT molecular complexity index is 1420. The van der Waals surface area contributed by atoms with Crippen molar-refractivity contribution in [1.82, 2.24) is 13.9 Å². The number of rotatable bonds is 5. The third kappa shape index (κ3) is 3.62. The molecule has 0 saturated heterocycles. The monoisotopic (exact) mass is 466 g/mol. The zero-order chi connectivity index (χ0) is 22.3. The van der Waals surface area contributed by atoms with Gasteiger partial charge in [-0.1, -0.05) is 18.2 Å². The first-order valence-electron chi connectivity index (χ1n) is 10.4. The number of thiophene rings is 1. The van der Waals surface area contributed by atoms with Crippen LogP contribution in [0.4, 0.5) is 5.95 Å². The number of aromatic nitrogens is 2. The van der Waals surface area contributed by atoms with Crippen molar-refractivity contribution >= 4 is 44.2 Å². The van der Waals surface area contributed by atoms with Gasteiger partial charge in [0.1, 0.15) is 0 Å². The lowest BCUT2D eigenvalue weighted by molar-refractivity contribution is 0.102. The van der Waals surface area contributed by atoms with Crippen molar-refractivity contribution < 1.29 is 13.2 Å². The van der Waals surface area contributed by atoms with Crippen molar-refractivity contribution in [1.29, 1.82) is 0 Å². The topological polar surface area (TPSA) is 84.3 Å². The summed E-state index contributed by atoms with van der Waals surface area (Å²) in [6, 6.07) is 15.8. The summed E-state index contributed by atoms with van der Waals surface area (Å²) in [4.78, 5) is 18.8. The van der Waals surface area contributed by atoms with Crippen LogP contribution in [0.1, 0.15) is 27.7 Å². The normalized spacial score (nSPS) is 14.4. The quantitative estimate of drug-likeness (QED) is 0.480. The molecule has 0 fully saturated rings. The number of amides is 1. The number of fused-ring (bicyclic) bond motifs is 2. The van der Waals surface area contributed by atoms with Crippen LogP contribution in [0.25, 0.3) is 11.0 Å². The van der Waals surface area contributed by atoms with Crippen LogP contribution in [-0.4, -0.2) is 34.7 Å². The highest BCUT2D eigenvalue weighted by Crippen LogP contribution is 2.28. The fourth-order valence-electron chi connectivity index (χ4n) is 4.04. The average molecular weight is 467 g/mol. The molecular weight excluding hydrogens is 444 g/mol. The molecule has 2 aromatic heterocycles. The van der Waals surface area contributed by atoms with E-state index >= 15 is 0 Å². The molecule has 9 heteroatoms. The Morgan fingerprint density at radius 3 is 2.84 bits per heavy atom. The number of para-hydroxylation sites is 2. The lowest BCUT2D eigenvalue weighted by Crippen LogP contribution is -2.35. The first-order chi connectivity index (χ1) is 15.5. The molecule has 1 aliphatic heterocycles. The van der Waals surface area contributed by atoms with Crippen LogP contribution in [0.3, 0.4) is 0 Å². The Balaban J connectivity index is 1.41. The first kappa shape index (κ1) is 20.9. The Morgan fingerprint density at radius 1 is 1.16 bits per heavy atom. The Morgan fingerprint density at radius 2 is 2.00 bits per heavy atom. The summed E-state index contributed by atoms with van der Waals surface area (Å²) in [5.41, 5.74) is 3.05. The van der Waals surface area contributed by atoms with Gasteiger partial charge >= 0.3 is 0 Å². The molecule has 0 saturated carbocycles. The van der Waals surface area contributed by atoms with Gasteiger partial charge in [-0.05, 0) is 60.7 Å². The van der Waals surface area contributed by atoms with Gasteiger partial charge in [0, 0.05) is 30.1 Å². The molecule has 164 valence electrons. The van der Waals surface area contributed by atoms with E-state index in [-0.39, 0.29) is 10.5 Å². The van der Waals surface area contributed by atoms with Crippen LogP contribution in [0, 0.1) is 0 Å². The van der Waals surface area contributed by atoms with Gasteiger partial charge in [0.2, 0.25) is 16.0 Å². The minimum Gasteiger partial charge on any atom is -0.310 e. The number of hydrogen-bond donors (Lipinski definition) is 1. The number of aryl methyl sites for hydroxylation is 1. The minimum atomic E-state index is -3.71. The number of carbonyl (C=O) groups is 1. The van der Waals surface area contributed by atoms with E-state index in [1.54, 1.807) is 23.5 Å². The Hall–Kier alpha value is -3.01. The van der Waals surface area contributed by atoms with E-state index in [9.17, 15) is 13.2 Å².